The Morgan fingerprint density at radius 3 is 1.96 bits per heavy atom. The predicted octanol–water partition coefficient (Wildman–Crippen LogP) is 4.69. The fourth-order valence-corrected chi connectivity index (χ4v) is 2.59. The molecule has 0 heterocycles. The molecule has 0 aliphatic heterocycles. The van der Waals surface area contributed by atoms with Crippen LogP contribution in [-0.4, -0.2) is 17.3 Å². The molecular formula is C20H31NO3. The topological polar surface area (TPSA) is 66.4 Å². The molecule has 4 nitrogen and oxygen atoms in total. The van der Waals surface area contributed by atoms with Crippen LogP contribution in [0.25, 0.3) is 0 Å². The highest BCUT2D eigenvalue weighted by Gasteiger charge is 2.26. The lowest BCUT2D eigenvalue weighted by atomic mass is 9.79. The molecule has 0 unspecified atom stereocenters. The average molecular weight is 333 g/mol. The number of anilines is 1. The second kappa shape index (κ2) is 7.82. The zero-order valence-electron chi connectivity index (χ0n) is 15.8. The van der Waals surface area contributed by atoms with E-state index < -0.39 is 0 Å². The van der Waals surface area contributed by atoms with Crippen LogP contribution >= 0.6 is 0 Å². The van der Waals surface area contributed by atoms with Crippen LogP contribution in [0.5, 0.6) is 5.75 Å². The molecular weight excluding hydrogens is 302 g/mol. The van der Waals surface area contributed by atoms with E-state index in [1.54, 1.807) is 0 Å². The Hall–Kier alpha value is -1.84. The van der Waals surface area contributed by atoms with Gasteiger partial charge in [-0.1, -0.05) is 41.5 Å². The smallest absolute Gasteiger partial charge is 0.224 e. The number of unbranched alkanes of at least 4 members (excludes halogenated alkanes) is 2. The summed E-state index contributed by atoms with van der Waals surface area (Å²) in [5.41, 5.74) is 1.91. The number of rotatable bonds is 6. The molecule has 4 heteroatoms. The first kappa shape index (κ1) is 20.2. The third-order valence-electron chi connectivity index (χ3n) is 3.99. The number of nitrogens with one attached hydrogen (secondary N) is 1. The molecule has 134 valence electrons. The number of carbonyl (C=O) groups is 2. The molecule has 0 spiro atoms. The average Bonchev–Trinajstić information content (AvgIpc) is 2.43. The molecule has 0 aliphatic rings. The van der Waals surface area contributed by atoms with Gasteiger partial charge in [0.25, 0.3) is 0 Å². The fraction of sp³-hybridized carbons (Fsp3) is 0.600. The Morgan fingerprint density at radius 2 is 1.54 bits per heavy atom. The molecule has 0 fully saturated rings. The van der Waals surface area contributed by atoms with Crippen molar-refractivity contribution < 1.29 is 14.7 Å². The number of hydrogen-bond acceptors (Lipinski definition) is 3. The van der Waals surface area contributed by atoms with E-state index in [2.05, 4.69) is 5.32 Å². The van der Waals surface area contributed by atoms with Gasteiger partial charge < -0.3 is 15.2 Å². The lowest BCUT2D eigenvalue weighted by Gasteiger charge is -2.28. The van der Waals surface area contributed by atoms with Crippen molar-refractivity contribution >= 4 is 17.9 Å². The predicted molar refractivity (Wildman–Crippen MR) is 98.7 cm³/mol. The van der Waals surface area contributed by atoms with Gasteiger partial charge in [0.1, 0.15) is 12.0 Å². The Morgan fingerprint density at radius 1 is 1.04 bits per heavy atom. The summed E-state index contributed by atoms with van der Waals surface area (Å²) >= 11 is 0. The lowest BCUT2D eigenvalue weighted by Crippen LogP contribution is -2.19. The van der Waals surface area contributed by atoms with Crippen molar-refractivity contribution in [2.45, 2.75) is 78.1 Å². The Bertz CT molecular complexity index is 557. The van der Waals surface area contributed by atoms with Crippen LogP contribution in [-0.2, 0) is 20.4 Å². The first-order valence-electron chi connectivity index (χ1n) is 8.58. The summed E-state index contributed by atoms with van der Waals surface area (Å²) in [6.07, 6.45) is 3.19. The second-order valence-electron chi connectivity index (χ2n) is 8.38. The first-order chi connectivity index (χ1) is 11.0. The van der Waals surface area contributed by atoms with Crippen molar-refractivity contribution in [3.63, 3.8) is 0 Å². The van der Waals surface area contributed by atoms with Gasteiger partial charge in [0.05, 0.1) is 0 Å². The van der Waals surface area contributed by atoms with Crippen molar-refractivity contribution in [1.29, 1.82) is 0 Å². The Balaban J connectivity index is 3.07. The minimum Gasteiger partial charge on any atom is -0.507 e. The number of amides is 1. The highest BCUT2D eigenvalue weighted by Crippen LogP contribution is 2.41. The molecule has 24 heavy (non-hydrogen) atoms. The highest BCUT2D eigenvalue weighted by molar-refractivity contribution is 5.91. The van der Waals surface area contributed by atoms with Crippen LogP contribution in [0.15, 0.2) is 12.1 Å². The highest BCUT2D eigenvalue weighted by atomic mass is 16.3. The zero-order chi connectivity index (χ0) is 18.5. The summed E-state index contributed by atoms with van der Waals surface area (Å²) in [4.78, 5) is 22.4. The molecule has 0 saturated heterocycles. The summed E-state index contributed by atoms with van der Waals surface area (Å²) in [5.74, 6) is 0.241. The number of benzene rings is 1. The number of phenols is 1. The number of hydrogen-bond donors (Lipinski definition) is 2. The molecule has 1 rings (SSSR count). The van der Waals surface area contributed by atoms with Gasteiger partial charge in [0.15, 0.2) is 0 Å². The second-order valence-corrected chi connectivity index (χ2v) is 8.38. The van der Waals surface area contributed by atoms with E-state index in [0.717, 1.165) is 23.8 Å². The van der Waals surface area contributed by atoms with E-state index >= 15 is 0 Å². The van der Waals surface area contributed by atoms with Gasteiger partial charge in [-0.3, -0.25) is 4.79 Å². The van der Waals surface area contributed by atoms with Crippen molar-refractivity contribution in [3.8, 4) is 5.75 Å². The maximum Gasteiger partial charge on any atom is 0.224 e. The van der Waals surface area contributed by atoms with E-state index in [1.807, 2.05) is 53.7 Å². The fourth-order valence-electron chi connectivity index (χ4n) is 2.59. The quantitative estimate of drug-likeness (QED) is 0.451. The van der Waals surface area contributed by atoms with E-state index in [-0.39, 0.29) is 16.7 Å². The molecule has 2 N–H and O–H groups in total. The van der Waals surface area contributed by atoms with Crippen LogP contribution in [0.2, 0.25) is 0 Å². The summed E-state index contributed by atoms with van der Waals surface area (Å²) in [7, 11) is 0. The van der Waals surface area contributed by atoms with Gasteiger partial charge >= 0.3 is 0 Å². The van der Waals surface area contributed by atoms with Crippen molar-refractivity contribution in [3.05, 3.63) is 23.3 Å². The van der Waals surface area contributed by atoms with Gasteiger partial charge in [0.2, 0.25) is 5.91 Å². The van der Waals surface area contributed by atoms with E-state index in [9.17, 15) is 14.7 Å². The molecule has 1 aromatic carbocycles. The minimum absolute atomic E-state index is 0.0636. The maximum absolute atomic E-state index is 12.1. The molecule has 0 bridgehead atoms. The van der Waals surface area contributed by atoms with E-state index in [1.165, 1.54) is 0 Å². The van der Waals surface area contributed by atoms with Crippen LogP contribution in [0, 0.1) is 0 Å². The number of aromatic hydroxyl groups is 1. The van der Waals surface area contributed by atoms with Crippen LogP contribution in [0.3, 0.4) is 0 Å². The molecule has 0 radical (unpaired) electrons. The van der Waals surface area contributed by atoms with Crippen molar-refractivity contribution in [2.24, 2.45) is 0 Å². The number of phenolic OH excluding ortho intramolecular Hbond substituents is 1. The first-order valence-corrected chi connectivity index (χ1v) is 8.58. The standard InChI is InChI=1S/C20H31NO3/c1-19(2,3)15-12-14(13-16(18(15)24)20(4,5)6)21-17(23)10-8-7-9-11-22/h11-13,24H,7-10H2,1-6H3,(H,21,23). The van der Waals surface area contributed by atoms with E-state index in [4.69, 9.17) is 0 Å². The molecule has 0 aliphatic carbocycles. The minimum atomic E-state index is -0.227. The van der Waals surface area contributed by atoms with Gasteiger partial charge in [0, 0.05) is 29.7 Å². The zero-order valence-corrected chi connectivity index (χ0v) is 15.8. The molecule has 0 atom stereocenters. The SMILES string of the molecule is CC(C)(C)c1cc(NC(=O)CCCCC=O)cc(C(C)(C)C)c1O. The van der Waals surface area contributed by atoms with Crippen molar-refractivity contribution in [2.75, 3.05) is 5.32 Å². The molecule has 1 amide bonds. The molecule has 0 aromatic heterocycles. The lowest BCUT2D eigenvalue weighted by molar-refractivity contribution is -0.116. The van der Waals surface area contributed by atoms with Gasteiger partial charge in [-0.05, 0) is 35.8 Å². The summed E-state index contributed by atoms with van der Waals surface area (Å²) in [5, 5.41) is 13.6. The van der Waals surface area contributed by atoms with Gasteiger partial charge in [-0.25, -0.2) is 0 Å². The van der Waals surface area contributed by atoms with Crippen LogP contribution < -0.4 is 5.32 Å². The monoisotopic (exact) mass is 333 g/mol. The summed E-state index contributed by atoms with van der Waals surface area (Å²) < 4.78 is 0. The summed E-state index contributed by atoms with van der Waals surface area (Å²) in [6, 6.07) is 3.71. The van der Waals surface area contributed by atoms with Gasteiger partial charge in [-0.2, -0.15) is 0 Å². The largest absolute Gasteiger partial charge is 0.507 e. The number of carbonyl (C=O) groups excluding carboxylic acids is 2. The third kappa shape index (κ3) is 5.66. The maximum atomic E-state index is 12.1. The Kier molecular flexibility index (Phi) is 6.58. The molecule has 0 saturated carbocycles. The van der Waals surface area contributed by atoms with Crippen LogP contribution in [0.1, 0.15) is 78.4 Å². The normalized spacial score (nSPS) is 12.1. The third-order valence-corrected chi connectivity index (χ3v) is 3.99. The van der Waals surface area contributed by atoms with Crippen LogP contribution in [0.4, 0.5) is 5.69 Å². The van der Waals surface area contributed by atoms with E-state index in [0.29, 0.717) is 30.7 Å². The Labute approximate surface area is 145 Å². The number of aldehydes is 1. The summed E-state index contributed by atoms with van der Waals surface area (Å²) in [6.45, 7) is 12.2. The van der Waals surface area contributed by atoms with Gasteiger partial charge in [-0.15, -0.1) is 0 Å². The van der Waals surface area contributed by atoms with Crippen molar-refractivity contribution in [1.82, 2.24) is 0 Å². The molecule has 1 aromatic rings.